The van der Waals surface area contributed by atoms with Crippen LogP contribution in [0.1, 0.15) is 60.7 Å². The molecule has 0 saturated carbocycles. The van der Waals surface area contributed by atoms with E-state index in [0.29, 0.717) is 24.6 Å². The SMILES string of the molecule is CC(C)C(C)N(c1ccccc1)c1nc(Nc2ccc(OS(C)(=O)=O)c(C(=O)N3CCCCC3)c2)ncc1C(N)=O. The maximum absolute atomic E-state index is 13.4. The molecule has 218 valence electrons. The summed E-state index contributed by atoms with van der Waals surface area (Å²) < 4.78 is 29.0. The second kappa shape index (κ2) is 12.5. The molecule has 1 fully saturated rings. The lowest BCUT2D eigenvalue weighted by atomic mass is 10.0. The van der Waals surface area contributed by atoms with Crippen LogP contribution in [0.25, 0.3) is 0 Å². The van der Waals surface area contributed by atoms with Crippen LogP contribution in [-0.4, -0.2) is 60.5 Å². The van der Waals surface area contributed by atoms with Crippen molar-refractivity contribution >= 4 is 45.1 Å². The van der Waals surface area contributed by atoms with E-state index in [-0.39, 0.29) is 40.7 Å². The first kappa shape index (κ1) is 29.8. The fourth-order valence-corrected chi connectivity index (χ4v) is 5.11. The Bertz CT molecular complexity index is 1510. The van der Waals surface area contributed by atoms with Crippen LogP contribution < -0.4 is 20.1 Å². The van der Waals surface area contributed by atoms with E-state index in [1.807, 2.05) is 42.2 Å². The van der Waals surface area contributed by atoms with Crippen LogP contribution in [-0.2, 0) is 10.1 Å². The highest BCUT2D eigenvalue weighted by molar-refractivity contribution is 7.86. The lowest BCUT2D eigenvalue weighted by Crippen LogP contribution is -2.36. The van der Waals surface area contributed by atoms with Crippen LogP contribution in [0.5, 0.6) is 5.75 Å². The van der Waals surface area contributed by atoms with Gasteiger partial charge in [0.1, 0.15) is 5.56 Å². The summed E-state index contributed by atoms with van der Waals surface area (Å²) in [4.78, 5) is 38.5. The number of anilines is 4. The third-order valence-corrected chi connectivity index (χ3v) is 7.50. The van der Waals surface area contributed by atoms with Gasteiger partial charge in [-0.05, 0) is 62.4 Å². The molecule has 1 unspecified atom stereocenters. The van der Waals surface area contributed by atoms with Gasteiger partial charge >= 0.3 is 10.1 Å². The molecule has 1 aliphatic rings. The molecule has 3 aromatic rings. The highest BCUT2D eigenvalue weighted by Gasteiger charge is 2.27. The van der Waals surface area contributed by atoms with E-state index in [4.69, 9.17) is 14.9 Å². The molecule has 41 heavy (non-hydrogen) atoms. The second-order valence-corrected chi connectivity index (χ2v) is 12.0. The Morgan fingerprint density at radius 1 is 1.02 bits per heavy atom. The minimum Gasteiger partial charge on any atom is -0.382 e. The third-order valence-electron chi connectivity index (χ3n) is 7.02. The van der Waals surface area contributed by atoms with E-state index in [9.17, 15) is 18.0 Å². The summed E-state index contributed by atoms with van der Waals surface area (Å²) in [5.74, 6) is -0.341. The third kappa shape index (κ3) is 7.31. The maximum atomic E-state index is 13.4. The molecule has 2 heterocycles. The van der Waals surface area contributed by atoms with Crippen molar-refractivity contribution in [2.45, 2.75) is 46.1 Å². The number of hydrogen-bond acceptors (Lipinski definition) is 9. The van der Waals surface area contributed by atoms with Gasteiger partial charge in [0.25, 0.3) is 11.8 Å². The predicted molar refractivity (Wildman–Crippen MR) is 158 cm³/mol. The van der Waals surface area contributed by atoms with Gasteiger partial charge in [0.15, 0.2) is 11.6 Å². The molecule has 0 aliphatic carbocycles. The Morgan fingerprint density at radius 2 is 1.71 bits per heavy atom. The quantitative estimate of drug-likeness (QED) is 0.332. The number of hydrogen-bond donors (Lipinski definition) is 2. The molecule has 0 bridgehead atoms. The Balaban J connectivity index is 1.76. The standard InChI is InChI=1S/C29H36N6O5S/c1-19(2)20(3)35(22-11-7-5-8-12-22)27-24(26(30)36)18-31-29(33-27)32-21-13-14-25(40-41(4,38)39)23(17-21)28(37)34-15-9-6-10-16-34/h5,7-8,11-14,17-20H,6,9-10,15-16H2,1-4H3,(H2,30,36)(H,31,32,33). The number of nitrogens with two attached hydrogens (primary N) is 1. The number of aromatic nitrogens is 2. The zero-order valence-electron chi connectivity index (χ0n) is 23.7. The number of primary amides is 1. The lowest BCUT2D eigenvalue weighted by Gasteiger charge is -2.34. The van der Waals surface area contributed by atoms with Gasteiger partial charge in [-0.1, -0.05) is 32.0 Å². The Kier molecular flexibility index (Phi) is 9.11. The van der Waals surface area contributed by atoms with Crippen molar-refractivity contribution in [1.82, 2.24) is 14.9 Å². The number of rotatable bonds is 10. The largest absolute Gasteiger partial charge is 0.382 e. The number of para-hydroxylation sites is 1. The molecule has 2 amide bonds. The van der Waals surface area contributed by atoms with Gasteiger partial charge in [0.05, 0.1) is 11.8 Å². The molecule has 0 spiro atoms. The number of carbonyl (C=O) groups is 2. The Hall–Kier alpha value is -4.19. The summed E-state index contributed by atoms with van der Waals surface area (Å²) >= 11 is 0. The van der Waals surface area contributed by atoms with Crippen molar-refractivity contribution in [3.8, 4) is 5.75 Å². The van der Waals surface area contributed by atoms with Crippen LogP contribution in [0.2, 0.25) is 0 Å². The van der Waals surface area contributed by atoms with E-state index in [2.05, 4.69) is 24.1 Å². The number of benzene rings is 2. The number of piperidine rings is 1. The predicted octanol–water partition coefficient (Wildman–Crippen LogP) is 4.47. The summed E-state index contributed by atoms with van der Waals surface area (Å²) in [6.45, 7) is 7.35. The van der Waals surface area contributed by atoms with Crippen LogP contribution in [0, 0.1) is 5.92 Å². The van der Waals surface area contributed by atoms with Gasteiger partial charge in [-0.15, -0.1) is 0 Å². The zero-order chi connectivity index (χ0) is 29.7. The minimum absolute atomic E-state index is 0.0553. The average Bonchev–Trinajstić information content (AvgIpc) is 2.94. The number of nitrogens with zero attached hydrogens (tertiary/aromatic N) is 4. The minimum atomic E-state index is -3.87. The fraction of sp³-hybridized carbons (Fsp3) is 0.379. The van der Waals surface area contributed by atoms with E-state index >= 15 is 0 Å². The first-order valence-corrected chi connectivity index (χ1v) is 15.4. The van der Waals surface area contributed by atoms with Crippen molar-refractivity contribution in [3.63, 3.8) is 0 Å². The van der Waals surface area contributed by atoms with E-state index in [1.54, 1.807) is 11.0 Å². The second-order valence-electron chi connectivity index (χ2n) is 10.5. The topological polar surface area (TPSA) is 148 Å². The summed E-state index contributed by atoms with van der Waals surface area (Å²) in [5, 5.41) is 3.10. The van der Waals surface area contributed by atoms with Crippen molar-refractivity contribution in [1.29, 1.82) is 0 Å². The normalized spacial score (nSPS) is 14.4. The van der Waals surface area contributed by atoms with Gasteiger partial charge in [0, 0.05) is 36.7 Å². The average molecular weight is 581 g/mol. The molecule has 2 aromatic carbocycles. The number of nitrogens with one attached hydrogen (secondary N) is 1. The Labute approximate surface area is 240 Å². The molecule has 12 heteroatoms. The lowest BCUT2D eigenvalue weighted by molar-refractivity contribution is 0.0722. The molecule has 1 saturated heterocycles. The molecule has 4 rings (SSSR count). The fourth-order valence-electron chi connectivity index (χ4n) is 4.63. The maximum Gasteiger partial charge on any atom is 0.306 e. The summed E-state index contributed by atoms with van der Waals surface area (Å²) in [6.07, 6.45) is 5.09. The van der Waals surface area contributed by atoms with Gasteiger partial charge < -0.3 is 25.0 Å². The van der Waals surface area contributed by atoms with Crippen LogP contribution in [0.3, 0.4) is 0 Å². The van der Waals surface area contributed by atoms with Gasteiger partial charge in [0.2, 0.25) is 5.95 Å². The number of likely N-dealkylation sites (tertiary alicyclic amines) is 1. The van der Waals surface area contributed by atoms with E-state index in [0.717, 1.165) is 31.2 Å². The van der Waals surface area contributed by atoms with Crippen LogP contribution in [0.15, 0.2) is 54.7 Å². The molecule has 3 N–H and O–H groups in total. The van der Waals surface area contributed by atoms with E-state index < -0.39 is 16.0 Å². The molecule has 11 nitrogen and oxygen atoms in total. The van der Waals surface area contributed by atoms with Gasteiger partial charge in [-0.3, -0.25) is 9.59 Å². The van der Waals surface area contributed by atoms with Crippen LogP contribution >= 0.6 is 0 Å². The highest BCUT2D eigenvalue weighted by Crippen LogP contribution is 2.33. The molecule has 1 aromatic heterocycles. The van der Waals surface area contributed by atoms with Gasteiger partial charge in [-0.25, -0.2) is 4.98 Å². The van der Waals surface area contributed by atoms with Gasteiger partial charge in [-0.2, -0.15) is 13.4 Å². The summed E-state index contributed by atoms with van der Waals surface area (Å²) in [5.41, 5.74) is 7.26. The molecule has 1 aliphatic heterocycles. The number of carbonyl (C=O) groups excluding carboxylic acids is 2. The highest BCUT2D eigenvalue weighted by atomic mass is 32.2. The van der Waals surface area contributed by atoms with Crippen molar-refractivity contribution in [2.24, 2.45) is 11.7 Å². The molecule has 0 radical (unpaired) electrons. The Morgan fingerprint density at radius 3 is 2.32 bits per heavy atom. The van der Waals surface area contributed by atoms with Crippen LogP contribution in [0.4, 0.5) is 23.1 Å². The molecule has 1 atom stereocenters. The molecular formula is C29H36N6O5S. The van der Waals surface area contributed by atoms with E-state index in [1.165, 1.54) is 18.3 Å². The first-order chi connectivity index (χ1) is 19.4. The molecular weight excluding hydrogens is 544 g/mol. The number of amides is 2. The summed E-state index contributed by atoms with van der Waals surface area (Å²) in [6, 6.07) is 14.0. The smallest absolute Gasteiger partial charge is 0.306 e. The van der Waals surface area contributed by atoms with Crippen molar-refractivity contribution in [3.05, 3.63) is 65.9 Å². The summed E-state index contributed by atoms with van der Waals surface area (Å²) in [7, 11) is -3.87. The van der Waals surface area contributed by atoms with Crippen molar-refractivity contribution < 1.29 is 22.2 Å². The van der Waals surface area contributed by atoms with Crippen molar-refractivity contribution in [2.75, 3.05) is 29.6 Å². The monoisotopic (exact) mass is 580 g/mol. The zero-order valence-corrected chi connectivity index (χ0v) is 24.5. The first-order valence-electron chi connectivity index (χ1n) is 13.6.